The normalized spacial score (nSPS) is 11.1. The summed E-state index contributed by atoms with van der Waals surface area (Å²) < 4.78 is 23.3. The van der Waals surface area contributed by atoms with Crippen molar-refractivity contribution in [2.24, 2.45) is 0 Å². The van der Waals surface area contributed by atoms with Gasteiger partial charge in [0, 0.05) is 11.9 Å². The molecule has 0 saturated carbocycles. The summed E-state index contributed by atoms with van der Waals surface area (Å²) in [4.78, 5) is 16.0. The van der Waals surface area contributed by atoms with Crippen LogP contribution in [0.4, 0.5) is 5.69 Å². The summed E-state index contributed by atoms with van der Waals surface area (Å²) in [5.74, 6) is -0.288. The second-order valence-corrected chi connectivity index (χ2v) is 6.38. The third-order valence-corrected chi connectivity index (χ3v) is 4.50. The molecule has 0 saturated heterocycles. The molecule has 20 heavy (non-hydrogen) atoms. The second-order valence-electron chi connectivity index (χ2n) is 4.10. The van der Waals surface area contributed by atoms with Gasteiger partial charge in [-0.05, 0) is 36.4 Å². The summed E-state index contributed by atoms with van der Waals surface area (Å²) in [5.41, 5.74) is 0.827. The van der Waals surface area contributed by atoms with Gasteiger partial charge >= 0.3 is 0 Å². The molecule has 1 heterocycles. The molecule has 104 valence electrons. The van der Waals surface area contributed by atoms with Crippen LogP contribution in [0.1, 0.15) is 17.4 Å². The van der Waals surface area contributed by atoms with Crippen LogP contribution in [0, 0.1) is 0 Å². The number of carbonyl (C=O) groups is 1. The van der Waals surface area contributed by atoms with Gasteiger partial charge in [0.15, 0.2) is 9.84 Å². The summed E-state index contributed by atoms with van der Waals surface area (Å²) >= 11 is 0. The second kappa shape index (κ2) is 5.83. The molecule has 0 aliphatic rings. The van der Waals surface area contributed by atoms with Crippen molar-refractivity contribution in [1.29, 1.82) is 0 Å². The van der Waals surface area contributed by atoms with Crippen molar-refractivity contribution in [3.8, 4) is 0 Å². The molecule has 0 aliphatic carbocycles. The lowest BCUT2D eigenvalue weighted by Gasteiger charge is -2.06. The Morgan fingerprint density at radius 1 is 1.15 bits per heavy atom. The first-order valence-corrected chi connectivity index (χ1v) is 7.73. The number of pyridine rings is 1. The Morgan fingerprint density at radius 2 is 1.85 bits per heavy atom. The molecule has 2 aromatic rings. The third kappa shape index (κ3) is 3.21. The van der Waals surface area contributed by atoms with E-state index in [1.807, 2.05) is 0 Å². The summed E-state index contributed by atoms with van der Waals surface area (Å²) in [6.45, 7) is 1.59. The number of nitrogens with one attached hydrogen (secondary N) is 1. The number of hydrogen-bond donors (Lipinski definition) is 1. The zero-order valence-corrected chi connectivity index (χ0v) is 11.7. The molecule has 0 radical (unpaired) electrons. The smallest absolute Gasteiger partial charge is 0.274 e. The van der Waals surface area contributed by atoms with E-state index in [4.69, 9.17) is 0 Å². The Balaban J connectivity index is 2.14. The van der Waals surface area contributed by atoms with Crippen molar-refractivity contribution < 1.29 is 13.2 Å². The van der Waals surface area contributed by atoms with Crippen LogP contribution in [0.3, 0.4) is 0 Å². The number of benzene rings is 1. The molecule has 5 nitrogen and oxygen atoms in total. The van der Waals surface area contributed by atoms with Crippen LogP contribution in [0.5, 0.6) is 0 Å². The molecule has 0 aliphatic heterocycles. The van der Waals surface area contributed by atoms with E-state index in [0.29, 0.717) is 11.4 Å². The first-order valence-electron chi connectivity index (χ1n) is 6.08. The van der Waals surface area contributed by atoms with E-state index in [1.165, 1.54) is 18.3 Å². The van der Waals surface area contributed by atoms with Crippen molar-refractivity contribution >= 4 is 21.4 Å². The maximum atomic E-state index is 11.9. The van der Waals surface area contributed by atoms with E-state index in [0.717, 1.165) is 0 Å². The summed E-state index contributed by atoms with van der Waals surface area (Å²) in [7, 11) is -3.22. The molecule has 0 spiro atoms. The monoisotopic (exact) mass is 290 g/mol. The molecular weight excluding hydrogens is 276 g/mol. The van der Waals surface area contributed by atoms with Crippen molar-refractivity contribution in [1.82, 2.24) is 4.98 Å². The van der Waals surface area contributed by atoms with Gasteiger partial charge in [-0.3, -0.25) is 9.78 Å². The molecule has 6 heteroatoms. The van der Waals surface area contributed by atoms with Gasteiger partial charge in [-0.1, -0.05) is 13.0 Å². The molecular formula is C14H14N2O3S. The summed E-state index contributed by atoms with van der Waals surface area (Å²) in [6, 6.07) is 11.1. The first-order chi connectivity index (χ1) is 9.53. The molecule has 1 aromatic heterocycles. The first kappa shape index (κ1) is 14.2. The predicted octanol–water partition coefficient (Wildman–Crippen LogP) is 2.13. The third-order valence-electron chi connectivity index (χ3n) is 2.75. The minimum Gasteiger partial charge on any atom is -0.321 e. The van der Waals surface area contributed by atoms with Gasteiger partial charge in [-0.15, -0.1) is 0 Å². The lowest BCUT2D eigenvalue weighted by Crippen LogP contribution is -2.13. The highest BCUT2D eigenvalue weighted by Crippen LogP contribution is 2.15. The van der Waals surface area contributed by atoms with Gasteiger partial charge in [0.05, 0.1) is 10.6 Å². The zero-order valence-electron chi connectivity index (χ0n) is 10.9. The number of aromatic nitrogens is 1. The number of carbonyl (C=O) groups excluding carboxylic acids is 1. The maximum Gasteiger partial charge on any atom is 0.274 e. The lowest BCUT2D eigenvalue weighted by atomic mass is 10.3. The Kier molecular flexibility index (Phi) is 4.14. The van der Waals surface area contributed by atoms with E-state index < -0.39 is 9.84 Å². The summed E-state index contributed by atoms with van der Waals surface area (Å²) in [6.07, 6.45) is 1.53. The van der Waals surface area contributed by atoms with E-state index in [-0.39, 0.29) is 16.6 Å². The van der Waals surface area contributed by atoms with Crippen LogP contribution >= 0.6 is 0 Å². The fraction of sp³-hybridized carbons (Fsp3) is 0.143. The molecule has 0 bridgehead atoms. The van der Waals surface area contributed by atoms with Gasteiger partial charge in [-0.25, -0.2) is 8.42 Å². The average Bonchev–Trinajstić information content (AvgIpc) is 2.48. The highest BCUT2D eigenvalue weighted by Gasteiger charge is 2.12. The molecule has 0 atom stereocenters. The number of anilines is 1. The van der Waals surface area contributed by atoms with Crippen LogP contribution in [0.15, 0.2) is 53.6 Å². The van der Waals surface area contributed by atoms with Gasteiger partial charge in [-0.2, -0.15) is 0 Å². The number of amides is 1. The van der Waals surface area contributed by atoms with Crippen molar-refractivity contribution in [2.45, 2.75) is 11.8 Å². The molecule has 1 aromatic carbocycles. The zero-order chi connectivity index (χ0) is 14.6. The fourth-order valence-corrected chi connectivity index (χ4v) is 2.49. The molecule has 0 unspecified atom stereocenters. The van der Waals surface area contributed by atoms with Crippen molar-refractivity contribution in [3.05, 3.63) is 54.4 Å². The minimum absolute atomic E-state index is 0.0483. The number of hydrogen-bond acceptors (Lipinski definition) is 4. The largest absolute Gasteiger partial charge is 0.321 e. The van der Waals surface area contributed by atoms with Gasteiger partial charge in [0.25, 0.3) is 5.91 Å². The maximum absolute atomic E-state index is 11.9. The van der Waals surface area contributed by atoms with E-state index in [9.17, 15) is 13.2 Å². The van der Waals surface area contributed by atoms with Crippen LogP contribution in [0.2, 0.25) is 0 Å². The number of rotatable bonds is 4. The van der Waals surface area contributed by atoms with E-state index in [1.54, 1.807) is 37.3 Å². The van der Waals surface area contributed by atoms with Crippen LogP contribution < -0.4 is 5.32 Å². The van der Waals surface area contributed by atoms with Crippen LogP contribution in [-0.4, -0.2) is 25.1 Å². The predicted molar refractivity (Wildman–Crippen MR) is 76.4 cm³/mol. The lowest BCUT2D eigenvalue weighted by molar-refractivity contribution is 0.102. The SMILES string of the molecule is CCS(=O)(=O)c1ccc(NC(=O)c2ccccn2)cc1. The highest BCUT2D eigenvalue weighted by molar-refractivity contribution is 7.91. The van der Waals surface area contributed by atoms with Crippen molar-refractivity contribution in [2.75, 3.05) is 11.1 Å². The van der Waals surface area contributed by atoms with Crippen LogP contribution in [0.25, 0.3) is 0 Å². The van der Waals surface area contributed by atoms with E-state index in [2.05, 4.69) is 10.3 Å². The van der Waals surface area contributed by atoms with Gasteiger partial charge < -0.3 is 5.32 Å². The summed E-state index contributed by atoms with van der Waals surface area (Å²) in [5, 5.41) is 2.66. The van der Waals surface area contributed by atoms with Gasteiger partial charge in [0.2, 0.25) is 0 Å². The Morgan fingerprint density at radius 3 is 2.40 bits per heavy atom. The number of nitrogens with zero attached hydrogens (tertiary/aromatic N) is 1. The Labute approximate surface area is 117 Å². The standard InChI is InChI=1S/C14H14N2O3S/c1-2-20(18,19)12-8-6-11(7-9-12)16-14(17)13-5-3-4-10-15-13/h3-10H,2H2,1H3,(H,16,17). The minimum atomic E-state index is -3.22. The fourth-order valence-electron chi connectivity index (χ4n) is 1.60. The van der Waals surface area contributed by atoms with E-state index >= 15 is 0 Å². The Hall–Kier alpha value is -2.21. The number of sulfone groups is 1. The van der Waals surface area contributed by atoms with Gasteiger partial charge in [0.1, 0.15) is 5.69 Å². The quantitative estimate of drug-likeness (QED) is 0.935. The Bertz CT molecular complexity index is 695. The molecule has 0 fully saturated rings. The average molecular weight is 290 g/mol. The topological polar surface area (TPSA) is 76.1 Å². The highest BCUT2D eigenvalue weighted by atomic mass is 32.2. The molecule has 1 amide bonds. The van der Waals surface area contributed by atoms with Crippen LogP contribution in [-0.2, 0) is 9.84 Å². The molecule has 1 N–H and O–H groups in total. The van der Waals surface area contributed by atoms with Crippen molar-refractivity contribution in [3.63, 3.8) is 0 Å². The molecule has 2 rings (SSSR count).